The molecule has 86 valence electrons. The maximum absolute atomic E-state index is 11.5. The maximum atomic E-state index is 11.5. The Labute approximate surface area is 87.5 Å². The van der Waals surface area contributed by atoms with E-state index >= 15 is 0 Å². The Morgan fingerprint density at radius 3 is 2.14 bits per heavy atom. The van der Waals surface area contributed by atoms with Crippen molar-refractivity contribution in [2.24, 2.45) is 5.92 Å². The van der Waals surface area contributed by atoms with Gasteiger partial charge in [-0.2, -0.15) is 0 Å². The number of sulfonamides is 1. The van der Waals surface area contributed by atoms with Crippen molar-refractivity contribution >= 4 is 10.0 Å². The van der Waals surface area contributed by atoms with Gasteiger partial charge in [-0.15, -0.1) is 0 Å². The minimum atomic E-state index is -3.07. The second-order valence-electron chi connectivity index (χ2n) is 3.46. The van der Waals surface area contributed by atoms with E-state index < -0.39 is 10.0 Å². The predicted molar refractivity (Wildman–Crippen MR) is 59.8 cm³/mol. The highest BCUT2D eigenvalue weighted by Crippen LogP contribution is 2.09. The van der Waals surface area contributed by atoms with E-state index in [1.165, 1.54) is 0 Å². The summed E-state index contributed by atoms with van der Waals surface area (Å²) < 4.78 is 25.6. The van der Waals surface area contributed by atoms with E-state index in [0.29, 0.717) is 13.1 Å². The van der Waals surface area contributed by atoms with Gasteiger partial charge in [0, 0.05) is 13.1 Å². The summed E-state index contributed by atoms with van der Waals surface area (Å²) >= 11 is 0. The van der Waals surface area contributed by atoms with Crippen molar-refractivity contribution < 1.29 is 8.42 Å². The van der Waals surface area contributed by atoms with E-state index in [9.17, 15) is 8.42 Å². The number of likely N-dealkylation sites (N-methyl/N-ethyl adjacent to an activating group) is 1. The molecule has 0 fully saturated rings. The van der Waals surface area contributed by atoms with Gasteiger partial charge in [0.05, 0.1) is 5.75 Å². The largest absolute Gasteiger partial charge is 0.318 e. The Hall–Kier alpha value is -0.130. The molecule has 0 aromatic rings. The molecule has 0 aromatic heterocycles. The fraction of sp³-hybridized carbons (Fsp3) is 1.00. The average Bonchev–Trinajstić information content (AvgIpc) is 2.14. The van der Waals surface area contributed by atoms with E-state index in [-0.39, 0.29) is 11.7 Å². The molecule has 0 saturated heterocycles. The van der Waals surface area contributed by atoms with Crippen molar-refractivity contribution in [2.75, 3.05) is 25.9 Å². The quantitative estimate of drug-likeness (QED) is 0.590. The molecule has 4 nitrogen and oxygen atoms in total. The summed E-state index contributed by atoms with van der Waals surface area (Å²) in [5.41, 5.74) is 0. The van der Waals surface area contributed by atoms with Gasteiger partial charge in [-0.1, -0.05) is 26.7 Å². The number of nitrogens with one attached hydrogen (secondary N) is 2. The van der Waals surface area contributed by atoms with Crippen molar-refractivity contribution in [3.8, 4) is 0 Å². The molecule has 0 amide bonds. The fourth-order valence-electron chi connectivity index (χ4n) is 1.23. The second kappa shape index (κ2) is 7.20. The Morgan fingerprint density at radius 1 is 1.14 bits per heavy atom. The Kier molecular flexibility index (Phi) is 7.13. The Balaban J connectivity index is 3.93. The molecule has 0 aliphatic rings. The van der Waals surface area contributed by atoms with Gasteiger partial charge in [-0.05, 0) is 13.0 Å². The van der Waals surface area contributed by atoms with Crippen molar-refractivity contribution in [3.63, 3.8) is 0 Å². The van der Waals surface area contributed by atoms with Gasteiger partial charge in [-0.25, -0.2) is 13.1 Å². The normalized spacial score (nSPS) is 12.3. The van der Waals surface area contributed by atoms with E-state index in [2.05, 4.69) is 10.0 Å². The smallest absolute Gasteiger partial charge is 0.211 e. The van der Waals surface area contributed by atoms with Gasteiger partial charge in [0.1, 0.15) is 0 Å². The van der Waals surface area contributed by atoms with Crippen LogP contribution in [0.2, 0.25) is 0 Å². The van der Waals surface area contributed by atoms with Gasteiger partial charge < -0.3 is 5.32 Å². The van der Waals surface area contributed by atoms with Crippen molar-refractivity contribution in [1.29, 1.82) is 0 Å². The summed E-state index contributed by atoms with van der Waals surface area (Å²) in [7, 11) is -1.27. The van der Waals surface area contributed by atoms with Gasteiger partial charge in [-0.3, -0.25) is 0 Å². The zero-order chi connectivity index (χ0) is 11.0. The van der Waals surface area contributed by atoms with Crippen LogP contribution >= 0.6 is 0 Å². The molecule has 0 unspecified atom stereocenters. The first-order valence-electron chi connectivity index (χ1n) is 5.17. The Bertz CT molecular complexity index is 223. The predicted octanol–water partition coefficient (Wildman–Crippen LogP) is 0.561. The molecule has 0 spiro atoms. The van der Waals surface area contributed by atoms with Crippen LogP contribution in [-0.4, -0.2) is 34.3 Å². The topological polar surface area (TPSA) is 58.2 Å². The summed E-state index contributed by atoms with van der Waals surface area (Å²) in [5, 5.41) is 2.89. The third kappa shape index (κ3) is 6.34. The molecule has 0 radical (unpaired) electrons. The van der Waals surface area contributed by atoms with Crippen LogP contribution in [0.4, 0.5) is 0 Å². The second-order valence-corrected chi connectivity index (χ2v) is 5.31. The van der Waals surface area contributed by atoms with E-state index in [4.69, 9.17) is 0 Å². The van der Waals surface area contributed by atoms with E-state index in [1.54, 1.807) is 7.05 Å². The van der Waals surface area contributed by atoms with Crippen LogP contribution in [0, 0.1) is 5.92 Å². The summed E-state index contributed by atoms with van der Waals surface area (Å²) in [5.74, 6) is 0.533. The molecule has 14 heavy (non-hydrogen) atoms. The number of rotatable bonds is 8. The lowest BCUT2D eigenvalue weighted by molar-refractivity contribution is 0.516. The first kappa shape index (κ1) is 13.9. The molecule has 0 aliphatic heterocycles. The molecular formula is C9H22N2O2S. The number of hydrogen-bond acceptors (Lipinski definition) is 3. The monoisotopic (exact) mass is 222 g/mol. The molecule has 0 bridgehead atoms. The van der Waals surface area contributed by atoms with Crippen LogP contribution in [0.1, 0.15) is 26.7 Å². The maximum Gasteiger partial charge on any atom is 0.211 e. The third-order valence-corrected chi connectivity index (χ3v) is 3.86. The summed E-state index contributed by atoms with van der Waals surface area (Å²) in [6.45, 7) is 5.19. The third-order valence-electron chi connectivity index (χ3n) is 2.31. The molecule has 0 atom stereocenters. The Morgan fingerprint density at radius 2 is 1.71 bits per heavy atom. The van der Waals surface area contributed by atoms with Gasteiger partial charge in [0.15, 0.2) is 0 Å². The van der Waals surface area contributed by atoms with Crippen molar-refractivity contribution in [2.45, 2.75) is 26.7 Å². The van der Waals surface area contributed by atoms with Crippen LogP contribution < -0.4 is 10.0 Å². The average molecular weight is 222 g/mol. The van der Waals surface area contributed by atoms with Crippen LogP contribution in [0.25, 0.3) is 0 Å². The lowest BCUT2D eigenvalue weighted by atomic mass is 10.1. The minimum absolute atomic E-state index is 0.254. The van der Waals surface area contributed by atoms with Crippen LogP contribution in [0.3, 0.4) is 0 Å². The molecule has 0 aliphatic carbocycles. The molecule has 2 N–H and O–H groups in total. The molecule has 0 rings (SSSR count). The van der Waals surface area contributed by atoms with E-state index in [0.717, 1.165) is 12.8 Å². The zero-order valence-corrected chi connectivity index (χ0v) is 10.2. The molecule has 0 aromatic carbocycles. The zero-order valence-electron chi connectivity index (χ0n) is 9.34. The SMILES string of the molecule is CCC(CC)CS(=O)(=O)NCCNC. The highest BCUT2D eigenvalue weighted by molar-refractivity contribution is 7.89. The molecule has 5 heteroatoms. The lowest BCUT2D eigenvalue weighted by Gasteiger charge is -2.13. The van der Waals surface area contributed by atoms with Gasteiger partial charge in [0.25, 0.3) is 0 Å². The first-order chi connectivity index (χ1) is 6.55. The van der Waals surface area contributed by atoms with Crippen molar-refractivity contribution in [3.05, 3.63) is 0 Å². The summed E-state index contributed by atoms with van der Waals surface area (Å²) in [6, 6.07) is 0. The van der Waals surface area contributed by atoms with E-state index in [1.807, 2.05) is 13.8 Å². The number of hydrogen-bond donors (Lipinski definition) is 2. The lowest BCUT2D eigenvalue weighted by Crippen LogP contribution is -2.34. The van der Waals surface area contributed by atoms with Crippen LogP contribution in [0.5, 0.6) is 0 Å². The summed E-state index contributed by atoms with van der Waals surface area (Å²) in [6.07, 6.45) is 1.84. The van der Waals surface area contributed by atoms with Crippen LogP contribution in [0.15, 0.2) is 0 Å². The van der Waals surface area contributed by atoms with Gasteiger partial charge in [0.2, 0.25) is 10.0 Å². The highest BCUT2D eigenvalue weighted by Gasteiger charge is 2.15. The highest BCUT2D eigenvalue weighted by atomic mass is 32.2. The molecule has 0 saturated carbocycles. The van der Waals surface area contributed by atoms with Crippen molar-refractivity contribution in [1.82, 2.24) is 10.0 Å². The standard InChI is InChI=1S/C9H22N2O2S/c1-4-9(5-2)8-14(12,13)11-7-6-10-3/h9-11H,4-8H2,1-3H3. The molecular weight excluding hydrogens is 200 g/mol. The van der Waals surface area contributed by atoms with Gasteiger partial charge >= 0.3 is 0 Å². The summed E-state index contributed by atoms with van der Waals surface area (Å²) in [4.78, 5) is 0. The van der Waals surface area contributed by atoms with Crippen LogP contribution in [-0.2, 0) is 10.0 Å². The molecule has 0 heterocycles. The minimum Gasteiger partial charge on any atom is -0.318 e. The first-order valence-corrected chi connectivity index (χ1v) is 6.82. The fourth-order valence-corrected chi connectivity index (χ4v) is 2.85.